The van der Waals surface area contributed by atoms with Gasteiger partial charge in [-0.2, -0.15) is 0 Å². The van der Waals surface area contributed by atoms with E-state index in [9.17, 15) is 0 Å². The number of nitrogens with zero attached hydrogens (tertiary/aromatic N) is 2. The molecule has 0 amide bonds. The SMILES string of the molecule is COc1ccc(NC(N)=NCC(c2ccc(Cl)cc2)N2CCOCC2)cc1Cl.I. The number of guanidine groups is 1. The molecule has 1 aliphatic rings. The fourth-order valence-electron chi connectivity index (χ4n) is 3.12. The summed E-state index contributed by atoms with van der Waals surface area (Å²) in [6.45, 7) is 3.65. The van der Waals surface area contributed by atoms with Crippen LogP contribution >= 0.6 is 47.2 Å². The molecular formula is C20H25Cl2IN4O2. The number of hydrogen-bond donors (Lipinski definition) is 2. The smallest absolute Gasteiger partial charge is 0.193 e. The van der Waals surface area contributed by atoms with Gasteiger partial charge >= 0.3 is 0 Å². The first-order chi connectivity index (χ1) is 13.6. The van der Waals surface area contributed by atoms with Crippen molar-refractivity contribution in [2.24, 2.45) is 10.7 Å². The topological polar surface area (TPSA) is 72.1 Å². The summed E-state index contributed by atoms with van der Waals surface area (Å²) in [6, 6.07) is 13.3. The van der Waals surface area contributed by atoms with Crippen LogP contribution in [0.2, 0.25) is 10.0 Å². The third kappa shape index (κ3) is 6.89. The van der Waals surface area contributed by atoms with E-state index in [1.807, 2.05) is 30.3 Å². The summed E-state index contributed by atoms with van der Waals surface area (Å²) in [4.78, 5) is 6.91. The zero-order valence-electron chi connectivity index (χ0n) is 16.1. The molecule has 0 saturated carbocycles. The lowest BCUT2D eigenvalue weighted by atomic mass is 10.0. The van der Waals surface area contributed by atoms with Crippen molar-refractivity contribution in [3.63, 3.8) is 0 Å². The van der Waals surface area contributed by atoms with Crippen LogP contribution in [0.15, 0.2) is 47.5 Å². The first-order valence-corrected chi connectivity index (χ1v) is 9.80. The number of benzene rings is 2. The summed E-state index contributed by atoms with van der Waals surface area (Å²) in [6.07, 6.45) is 0. The van der Waals surface area contributed by atoms with Crippen molar-refractivity contribution in [3.05, 3.63) is 58.1 Å². The summed E-state index contributed by atoms with van der Waals surface area (Å²) >= 11 is 12.2. The second-order valence-electron chi connectivity index (χ2n) is 6.42. The van der Waals surface area contributed by atoms with E-state index >= 15 is 0 Å². The number of halogens is 3. The lowest BCUT2D eigenvalue weighted by Gasteiger charge is -2.34. The Kier molecular flexibility index (Phi) is 9.78. The minimum Gasteiger partial charge on any atom is -0.495 e. The van der Waals surface area contributed by atoms with E-state index in [2.05, 4.69) is 15.2 Å². The van der Waals surface area contributed by atoms with Crippen LogP contribution in [0.4, 0.5) is 5.69 Å². The second kappa shape index (κ2) is 11.8. The number of hydrogen-bond acceptors (Lipinski definition) is 4. The Labute approximate surface area is 198 Å². The van der Waals surface area contributed by atoms with E-state index in [-0.39, 0.29) is 30.0 Å². The van der Waals surface area contributed by atoms with Crippen molar-refractivity contribution in [1.82, 2.24) is 4.90 Å². The van der Waals surface area contributed by atoms with E-state index in [1.165, 1.54) is 0 Å². The Bertz CT molecular complexity index is 815. The van der Waals surface area contributed by atoms with Crippen LogP contribution in [0, 0.1) is 0 Å². The molecule has 0 bridgehead atoms. The molecule has 2 aromatic rings. The van der Waals surface area contributed by atoms with Gasteiger partial charge in [-0.3, -0.25) is 9.89 Å². The summed E-state index contributed by atoms with van der Waals surface area (Å²) in [5, 5.41) is 4.30. The highest BCUT2D eigenvalue weighted by Gasteiger charge is 2.22. The summed E-state index contributed by atoms with van der Waals surface area (Å²) < 4.78 is 10.6. The molecule has 1 aliphatic heterocycles. The minimum absolute atomic E-state index is 0. The molecule has 1 unspecified atom stereocenters. The molecule has 2 aromatic carbocycles. The number of nitrogens with two attached hydrogens (primary N) is 1. The van der Waals surface area contributed by atoms with Gasteiger partial charge in [-0.15, -0.1) is 24.0 Å². The maximum absolute atomic E-state index is 6.16. The van der Waals surface area contributed by atoms with E-state index < -0.39 is 0 Å². The molecule has 1 atom stereocenters. The van der Waals surface area contributed by atoms with Crippen LogP contribution in [0.1, 0.15) is 11.6 Å². The number of methoxy groups -OCH3 is 1. The van der Waals surface area contributed by atoms with Crippen LogP contribution in [0.25, 0.3) is 0 Å². The third-order valence-corrected chi connectivity index (χ3v) is 5.15. The van der Waals surface area contributed by atoms with E-state index in [4.69, 9.17) is 38.4 Å². The maximum atomic E-state index is 6.16. The predicted octanol–water partition coefficient (Wildman–Crippen LogP) is 4.42. The highest BCUT2D eigenvalue weighted by atomic mass is 127. The number of rotatable bonds is 6. The van der Waals surface area contributed by atoms with Crippen molar-refractivity contribution >= 4 is 58.8 Å². The van der Waals surface area contributed by atoms with Crippen LogP contribution in [0.5, 0.6) is 5.75 Å². The number of ether oxygens (including phenoxy) is 2. The van der Waals surface area contributed by atoms with Crippen molar-refractivity contribution in [1.29, 1.82) is 0 Å². The molecule has 158 valence electrons. The first-order valence-electron chi connectivity index (χ1n) is 9.04. The van der Waals surface area contributed by atoms with Gasteiger partial charge < -0.3 is 20.5 Å². The average Bonchev–Trinajstić information content (AvgIpc) is 2.70. The molecule has 1 heterocycles. The normalized spacial score (nSPS) is 16.0. The second-order valence-corrected chi connectivity index (χ2v) is 7.26. The fourth-order valence-corrected chi connectivity index (χ4v) is 3.51. The minimum atomic E-state index is 0. The lowest BCUT2D eigenvalue weighted by molar-refractivity contribution is 0.0180. The standard InChI is InChI=1S/C20H24Cl2N4O2.HI/c1-27-19-7-6-16(12-17(19)22)25-20(23)24-13-18(26-8-10-28-11-9-26)14-2-4-15(21)5-3-14;/h2-7,12,18H,8-11,13H2,1H3,(H3,23,24,25);1H. The van der Waals surface area contributed by atoms with Gasteiger partial charge in [-0.05, 0) is 35.9 Å². The van der Waals surface area contributed by atoms with Gasteiger partial charge in [0.1, 0.15) is 5.75 Å². The molecule has 1 fully saturated rings. The molecule has 3 N–H and O–H groups in total. The van der Waals surface area contributed by atoms with Crippen molar-refractivity contribution in [2.75, 3.05) is 45.3 Å². The molecule has 29 heavy (non-hydrogen) atoms. The number of morpholine rings is 1. The summed E-state index contributed by atoms with van der Waals surface area (Å²) in [7, 11) is 1.58. The highest BCUT2D eigenvalue weighted by molar-refractivity contribution is 14.0. The molecule has 0 spiro atoms. The van der Waals surface area contributed by atoms with E-state index in [0.717, 1.165) is 24.3 Å². The van der Waals surface area contributed by atoms with Crippen molar-refractivity contribution < 1.29 is 9.47 Å². The Hall–Kier alpha value is -1.26. The van der Waals surface area contributed by atoms with Gasteiger partial charge in [0.15, 0.2) is 5.96 Å². The fraction of sp³-hybridized carbons (Fsp3) is 0.350. The van der Waals surface area contributed by atoms with Gasteiger partial charge in [0.2, 0.25) is 0 Å². The first kappa shape index (κ1) is 24.0. The van der Waals surface area contributed by atoms with Gasteiger partial charge in [0.25, 0.3) is 0 Å². The largest absolute Gasteiger partial charge is 0.495 e. The lowest BCUT2D eigenvalue weighted by Crippen LogP contribution is -2.40. The highest BCUT2D eigenvalue weighted by Crippen LogP contribution is 2.27. The van der Waals surface area contributed by atoms with Gasteiger partial charge in [0, 0.05) is 23.8 Å². The van der Waals surface area contributed by atoms with Crippen LogP contribution in [0.3, 0.4) is 0 Å². The molecule has 0 aliphatic carbocycles. The zero-order valence-corrected chi connectivity index (χ0v) is 19.9. The van der Waals surface area contributed by atoms with E-state index in [0.29, 0.717) is 41.5 Å². The van der Waals surface area contributed by atoms with Gasteiger partial charge in [-0.25, -0.2) is 0 Å². The quantitative estimate of drug-likeness (QED) is 0.316. The van der Waals surface area contributed by atoms with Crippen molar-refractivity contribution in [3.8, 4) is 5.75 Å². The zero-order chi connectivity index (χ0) is 19.9. The Morgan fingerprint density at radius 1 is 1.21 bits per heavy atom. The maximum Gasteiger partial charge on any atom is 0.193 e. The molecule has 0 radical (unpaired) electrons. The Morgan fingerprint density at radius 3 is 2.52 bits per heavy atom. The predicted molar refractivity (Wildman–Crippen MR) is 130 cm³/mol. The average molecular weight is 551 g/mol. The van der Waals surface area contributed by atoms with Crippen LogP contribution in [-0.2, 0) is 4.74 Å². The molecular weight excluding hydrogens is 526 g/mol. The van der Waals surface area contributed by atoms with Crippen molar-refractivity contribution in [2.45, 2.75) is 6.04 Å². The number of anilines is 1. The van der Waals surface area contributed by atoms with E-state index in [1.54, 1.807) is 19.2 Å². The van der Waals surface area contributed by atoms with Crippen LogP contribution < -0.4 is 15.8 Å². The van der Waals surface area contributed by atoms with Gasteiger partial charge in [-0.1, -0.05) is 35.3 Å². The summed E-state index contributed by atoms with van der Waals surface area (Å²) in [5.41, 5.74) is 8.01. The molecule has 1 saturated heterocycles. The molecule has 6 nitrogen and oxygen atoms in total. The Balaban J connectivity index is 0.00000300. The molecule has 3 rings (SSSR count). The molecule has 9 heteroatoms. The number of aliphatic imine (C=N–C) groups is 1. The van der Waals surface area contributed by atoms with Gasteiger partial charge in [0.05, 0.1) is 37.9 Å². The summed E-state index contributed by atoms with van der Waals surface area (Å²) in [5.74, 6) is 0.936. The Morgan fingerprint density at radius 2 is 1.90 bits per heavy atom. The monoisotopic (exact) mass is 550 g/mol. The van der Waals surface area contributed by atoms with Crippen LogP contribution in [-0.4, -0.2) is 50.8 Å². The third-order valence-electron chi connectivity index (χ3n) is 4.60. The number of nitrogens with one attached hydrogen (secondary N) is 1. The molecule has 0 aromatic heterocycles.